The van der Waals surface area contributed by atoms with Crippen LogP contribution in [0.15, 0.2) is 18.2 Å². The van der Waals surface area contributed by atoms with Crippen LogP contribution in [0.4, 0.5) is 5.69 Å². The van der Waals surface area contributed by atoms with Gasteiger partial charge in [-0.1, -0.05) is 25.0 Å². The fourth-order valence-corrected chi connectivity index (χ4v) is 3.71. The molecule has 3 rings (SSSR count). The van der Waals surface area contributed by atoms with Crippen LogP contribution in [0.1, 0.15) is 43.7 Å². The van der Waals surface area contributed by atoms with Crippen molar-refractivity contribution in [3.63, 3.8) is 0 Å². The van der Waals surface area contributed by atoms with E-state index in [0.29, 0.717) is 0 Å². The number of nitrogen functional groups attached to an aromatic ring is 1. The summed E-state index contributed by atoms with van der Waals surface area (Å²) in [5, 5.41) is 0. The number of rotatable bonds is 2. The van der Waals surface area contributed by atoms with E-state index in [9.17, 15) is 0 Å². The van der Waals surface area contributed by atoms with E-state index in [1.165, 1.54) is 43.4 Å². The van der Waals surface area contributed by atoms with E-state index in [2.05, 4.69) is 24.0 Å². The minimum Gasteiger partial charge on any atom is -0.398 e. The summed E-state index contributed by atoms with van der Waals surface area (Å²) in [7, 11) is 0. The summed E-state index contributed by atoms with van der Waals surface area (Å²) >= 11 is 0. The number of fused-ring (bicyclic) bond motifs is 1. The summed E-state index contributed by atoms with van der Waals surface area (Å²) in [6.45, 7) is 4.67. The second kappa shape index (κ2) is 4.93. The van der Waals surface area contributed by atoms with E-state index >= 15 is 0 Å². The Morgan fingerprint density at radius 3 is 2.83 bits per heavy atom. The molecule has 1 aliphatic heterocycles. The van der Waals surface area contributed by atoms with E-state index in [1.54, 1.807) is 0 Å². The number of nitrogens with two attached hydrogens (primary N) is 1. The van der Waals surface area contributed by atoms with Gasteiger partial charge in [-0.2, -0.15) is 0 Å². The van der Waals surface area contributed by atoms with Crippen LogP contribution < -0.4 is 5.73 Å². The molecule has 18 heavy (non-hydrogen) atoms. The largest absolute Gasteiger partial charge is 0.398 e. The van der Waals surface area contributed by atoms with Gasteiger partial charge in [-0.25, -0.2) is 0 Å². The maximum atomic E-state index is 6.13. The molecule has 1 aromatic rings. The molecule has 2 heteroatoms. The molecule has 1 heterocycles. The summed E-state index contributed by atoms with van der Waals surface area (Å²) in [4.78, 5) is 2.65. The van der Waals surface area contributed by atoms with E-state index in [0.717, 1.165) is 30.6 Å². The van der Waals surface area contributed by atoms with Gasteiger partial charge in [-0.3, -0.25) is 4.90 Å². The fourth-order valence-electron chi connectivity index (χ4n) is 3.71. The molecule has 0 radical (unpaired) electrons. The van der Waals surface area contributed by atoms with Gasteiger partial charge >= 0.3 is 0 Å². The molecule has 1 atom stereocenters. The Morgan fingerprint density at radius 1 is 1.28 bits per heavy atom. The summed E-state index contributed by atoms with van der Waals surface area (Å²) in [5.41, 5.74) is 9.96. The van der Waals surface area contributed by atoms with Crippen molar-refractivity contribution in [2.75, 3.05) is 12.3 Å². The van der Waals surface area contributed by atoms with Gasteiger partial charge in [0, 0.05) is 24.8 Å². The van der Waals surface area contributed by atoms with Gasteiger partial charge in [0.15, 0.2) is 0 Å². The first-order valence-corrected chi connectivity index (χ1v) is 7.36. The lowest BCUT2D eigenvalue weighted by Gasteiger charge is -2.37. The summed E-state index contributed by atoms with van der Waals surface area (Å²) < 4.78 is 0. The molecule has 1 saturated carbocycles. The standard InChI is InChI=1S/C16H24N2/c1-12(13-5-2-3-6-13)18-10-9-14-7-4-8-16(17)15(14)11-18/h4,7-8,12-13H,2-3,5-6,9-11,17H2,1H3. The number of hydrogen-bond donors (Lipinski definition) is 1. The summed E-state index contributed by atoms with van der Waals surface area (Å²) in [6, 6.07) is 7.09. The topological polar surface area (TPSA) is 29.3 Å². The molecular weight excluding hydrogens is 220 g/mol. The highest BCUT2D eigenvalue weighted by Gasteiger charge is 2.28. The van der Waals surface area contributed by atoms with Crippen molar-refractivity contribution >= 4 is 5.69 Å². The van der Waals surface area contributed by atoms with Crippen LogP contribution in [0, 0.1) is 5.92 Å². The first-order valence-electron chi connectivity index (χ1n) is 7.36. The van der Waals surface area contributed by atoms with Crippen molar-refractivity contribution in [2.24, 2.45) is 5.92 Å². The molecule has 1 aromatic carbocycles. The smallest absolute Gasteiger partial charge is 0.0362 e. The first kappa shape index (κ1) is 12.0. The average molecular weight is 244 g/mol. The Bertz CT molecular complexity index is 421. The van der Waals surface area contributed by atoms with Crippen molar-refractivity contribution in [3.05, 3.63) is 29.3 Å². The molecular formula is C16H24N2. The summed E-state index contributed by atoms with van der Waals surface area (Å²) in [6.07, 6.45) is 6.88. The number of nitrogens with zero attached hydrogens (tertiary/aromatic N) is 1. The van der Waals surface area contributed by atoms with E-state index in [1.807, 2.05) is 6.07 Å². The zero-order valence-corrected chi connectivity index (χ0v) is 11.4. The van der Waals surface area contributed by atoms with Crippen molar-refractivity contribution < 1.29 is 0 Å². The monoisotopic (exact) mass is 244 g/mol. The van der Waals surface area contributed by atoms with Gasteiger partial charge in [-0.15, -0.1) is 0 Å². The predicted octanol–water partition coefficient (Wildman–Crippen LogP) is 3.21. The second-order valence-electron chi connectivity index (χ2n) is 5.99. The Balaban J connectivity index is 1.75. The quantitative estimate of drug-likeness (QED) is 0.809. The molecule has 1 unspecified atom stereocenters. The normalized spacial score (nSPS) is 22.9. The highest BCUT2D eigenvalue weighted by atomic mass is 15.2. The van der Waals surface area contributed by atoms with Crippen LogP contribution in [-0.4, -0.2) is 17.5 Å². The lowest BCUT2D eigenvalue weighted by Crippen LogP contribution is -2.41. The molecule has 2 aliphatic rings. The van der Waals surface area contributed by atoms with Gasteiger partial charge in [0.2, 0.25) is 0 Å². The van der Waals surface area contributed by atoms with Crippen molar-refractivity contribution in [1.82, 2.24) is 4.90 Å². The number of anilines is 1. The fraction of sp³-hybridized carbons (Fsp3) is 0.625. The van der Waals surface area contributed by atoms with Crippen LogP contribution in [0.2, 0.25) is 0 Å². The van der Waals surface area contributed by atoms with Crippen LogP contribution in [0.25, 0.3) is 0 Å². The number of hydrogen-bond acceptors (Lipinski definition) is 2. The van der Waals surface area contributed by atoms with Gasteiger partial charge in [0.1, 0.15) is 0 Å². The van der Waals surface area contributed by atoms with Gasteiger partial charge in [0.05, 0.1) is 0 Å². The Morgan fingerprint density at radius 2 is 2.06 bits per heavy atom. The maximum Gasteiger partial charge on any atom is 0.0362 e. The summed E-state index contributed by atoms with van der Waals surface area (Å²) in [5.74, 6) is 0.913. The Kier molecular flexibility index (Phi) is 3.29. The average Bonchev–Trinajstić information content (AvgIpc) is 2.92. The maximum absolute atomic E-state index is 6.13. The molecule has 1 fully saturated rings. The third-order valence-electron chi connectivity index (χ3n) is 5.00. The minimum absolute atomic E-state index is 0.722. The molecule has 2 nitrogen and oxygen atoms in total. The van der Waals surface area contributed by atoms with Crippen LogP contribution in [0.5, 0.6) is 0 Å². The second-order valence-corrected chi connectivity index (χ2v) is 5.99. The molecule has 1 aliphatic carbocycles. The zero-order valence-electron chi connectivity index (χ0n) is 11.4. The highest BCUT2D eigenvalue weighted by Crippen LogP contribution is 2.33. The molecule has 0 aromatic heterocycles. The molecule has 0 spiro atoms. The van der Waals surface area contributed by atoms with Crippen LogP contribution in [-0.2, 0) is 13.0 Å². The van der Waals surface area contributed by atoms with Gasteiger partial charge < -0.3 is 5.73 Å². The first-order chi connectivity index (χ1) is 8.75. The van der Waals surface area contributed by atoms with Gasteiger partial charge in [-0.05, 0) is 49.3 Å². The minimum atomic E-state index is 0.722. The van der Waals surface area contributed by atoms with E-state index in [4.69, 9.17) is 5.73 Å². The van der Waals surface area contributed by atoms with Gasteiger partial charge in [0.25, 0.3) is 0 Å². The lowest BCUT2D eigenvalue weighted by molar-refractivity contribution is 0.141. The highest BCUT2D eigenvalue weighted by molar-refractivity contribution is 5.51. The molecule has 98 valence electrons. The van der Waals surface area contributed by atoms with Crippen LogP contribution >= 0.6 is 0 Å². The van der Waals surface area contributed by atoms with E-state index < -0.39 is 0 Å². The molecule has 0 bridgehead atoms. The van der Waals surface area contributed by atoms with Crippen molar-refractivity contribution in [3.8, 4) is 0 Å². The van der Waals surface area contributed by atoms with E-state index in [-0.39, 0.29) is 0 Å². The lowest BCUT2D eigenvalue weighted by atomic mass is 9.93. The molecule has 0 amide bonds. The number of benzene rings is 1. The predicted molar refractivity (Wildman–Crippen MR) is 76.4 cm³/mol. The third-order valence-corrected chi connectivity index (χ3v) is 5.00. The van der Waals surface area contributed by atoms with Crippen molar-refractivity contribution in [2.45, 2.75) is 51.6 Å². The Labute approximate surface area is 110 Å². The van der Waals surface area contributed by atoms with Crippen LogP contribution in [0.3, 0.4) is 0 Å². The molecule has 0 saturated heterocycles. The molecule has 2 N–H and O–H groups in total. The Hall–Kier alpha value is -1.02. The zero-order chi connectivity index (χ0) is 12.5. The van der Waals surface area contributed by atoms with Crippen molar-refractivity contribution in [1.29, 1.82) is 0 Å². The SMILES string of the molecule is CC(C1CCCC1)N1CCc2cccc(N)c2C1. The third kappa shape index (κ3) is 2.14.